The third kappa shape index (κ3) is 8.01. The molecule has 3 amide bonds. The molecule has 2 aromatic carbocycles. The van der Waals surface area contributed by atoms with Gasteiger partial charge in [0.1, 0.15) is 5.75 Å². The van der Waals surface area contributed by atoms with Crippen LogP contribution in [0.1, 0.15) is 25.3 Å². The van der Waals surface area contributed by atoms with Gasteiger partial charge in [-0.2, -0.15) is 0 Å². The molecule has 0 radical (unpaired) electrons. The summed E-state index contributed by atoms with van der Waals surface area (Å²) in [4.78, 5) is 35.7. The Kier molecular flexibility index (Phi) is 8.76. The van der Waals surface area contributed by atoms with Crippen molar-refractivity contribution in [1.29, 1.82) is 0 Å². The number of hydrogen-bond donors (Lipinski definition) is 3. The minimum Gasteiger partial charge on any atom is -0.479 e. The highest BCUT2D eigenvalue weighted by atomic mass is 35.5. The number of carbonyl (C=O) groups is 3. The summed E-state index contributed by atoms with van der Waals surface area (Å²) in [5.41, 5.74) is 5.47. The minimum atomic E-state index is -0.914. The summed E-state index contributed by atoms with van der Waals surface area (Å²) in [7, 11) is 0. The highest BCUT2D eigenvalue weighted by Crippen LogP contribution is 2.28. The smallest absolute Gasteiger partial charge is 0.279 e. The molecule has 1 atom stereocenters. The van der Waals surface area contributed by atoms with Crippen LogP contribution in [0.2, 0.25) is 10.0 Å². The van der Waals surface area contributed by atoms with E-state index in [1.54, 1.807) is 12.1 Å². The van der Waals surface area contributed by atoms with Crippen LogP contribution in [0.5, 0.6) is 5.75 Å². The maximum Gasteiger partial charge on any atom is 0.279 e. The molecule has 2 rings (SSSR count). The SMILES string of the molecule is CC(Oc1ccc(Cl)cc1Cl)C(=O)NNC(=O)CCC(=O)NCc1ccccc1. The average molecular weight is 438 g/mol. The molecule has 1 unspecified atom stereocenters. The molecule has 0 bridgehead atoms. The van der Waals surface area contributed by atoms with Crippen molar-refractivity contribution in [3.05, 3.63) is 64.1 Å². The highest BCUT2D eigenvalue weighted by Gasteiger charge is 2.17. The second kappa shape index (κ2) is 11.3. The first-order chi connectivity index (χ1) is 13.8. The van der Waals surface area contributed by atoms with Gasteiger partial charge in [-0.1, -0.05) is 53.5 Å². The predicted molar refractivity (Wildman–Crippen MR) is 110 cm³/mol. The van der Waals surface area contributed by atoms with Gasteiger partial charge in [0.2, 0.25) is 11.8 Å². The Morgan fingerprint density at radius 1 is 0.966 bits per heavy atom. The van der Waals surface area contributed by atoms with Crippen LogP contribution in [0.3, 0.4) is 0 Å². The van der Waals surface area contributed by atoms with Crippen LogP contribution in [0.25, 0.3) is 0 Å². The van der Waals surface area contributed by atoms with Crippen LogP contribution in [0.15, 0.2) is 48.5 Å². The number of halogens is 2. The fourth-order valence-corrected chi connectivity index (χ4v) is 2.68. The molecule has 2 aromatic rings. The van der Waals surface area contributed by atoms with Gasteiger partial charge >= 0.3 is 0 Å². The zero-order valence-electron chi connectivity index (χ0n) is 15.7. The second-order valence-electron chi connectivity index (χ2n) is 6.13. The number of benzene rings is 2. The van der Waals surface area contributed by atoms with E-state index in [2.05, 4.69) is 16.2 Å². The van der Waals surface area contributed by atoms with E-state index in [4.69, 9.17) is 27.9 Å². The predicted octanol–water partition coefficient (Wildman–Crippen LogP) is 3.00. The van der Waals surface area contributed by atoms with E-state index >= 15 is 0 Å². The third-order valence-electron chi connectivity index (χ3n) is 3.80. The van der Waals surface area contributed by atoms with Crippen LogP contribution in [-0.2, 0) is 20.9 Å². The summed E-state index contributed by atoms with van der Waals surface area (Å²) >= 11 is 11.8. The van der Waals surface area contributed by atoms with Crippen molar-refractivity contribution < 1.29 is 19.1 Å². The number of ether oxygens (including phenoxy) is 1. The van der Waals surface area contributed by atoms with Gasteiger partial charge in [0, 0.05) is 24.4 Å². The largest absolute Gasteiger partial charge is 0.479 e. The number of carbonyl (C=O) groups excluding carboxylic acids is 3. The fraction of sp³-hybridized carbons (Fsp3) is 0.250. The van der Waals surface area contributed by atoms with Gasteiger partial charge in [0.25, 0.3) is 5.91 Å². The van der Waals surface area contributed by atoms with Crippen LogP contribution in [0.4, 0.5) is 0 Å². The van der Waals surface area contributed by atoms with Gasteiger partial charge in [-0.15, -0.1) is 0 Å². The molecule has 0 fully saturated rings. The van der Waals surface area contributed by atoms with E-state index in [1.165, 1.54) is 13.0 Å². The van der Waals surface area contributed by atoms with E-state index in [0.717, 1.165) is 5.56 Å². The second-order valence-corrected chi connectivity index (χ2v) is 6.98. The Balaban J connectivity index is 1.67. The molecular formula is C20H21Cl2N3O4. The zero-order chi connectivity index (χ0) is 21.2. The summed E-state index contributed by atoms with van der Waals surface area (Å²) in [5, 5.41) is 3.44. The molecule has 0 aliphatic heterocycles. The standard InChI is InChI=1S/C20H21Cl2N3O4/c1-13(29-17-8-7-15(21)11-16(17)22)20(28)25-24-19(27)10-9-18(26)23-12-14-5-3-2-4-6-14/h2-8,11,13H,9-10,12H2,1H3,(H,23,26)(H,24,27)(H,25,28). The van der Waals surface area contributed by atoms with Crippen molar-refractivity contribution >= 4 is 40.9 Å². The number of amides is 3. The van der Waals surface area contributed by atoms with Gasteiger partial charge in [0.05, 0.1) is 5.02 Å². The normalized spacial score (nSPS) is 11.3. The first-order valence-electron chi connectivity index (χ1n) is 8.86. The Morgan fingerprint density at radius 3 is 2.34 bits per heavy atom. The molecule has 29 heavy (non-hydrogen) atoms. The molecule has 0 aliphatic rings. The van der Waals surface area contributed by atoms with Crippen molar-refractivity contribution in [3.63, 3.8) is 0 Å². The number of rotatable bonds is 8. The lowest BCUT2D eigenvalue weighted by molar-refractivity contribution is -0.133. The van der Waals surface area contributed by atoms with E-state index < -0.39 is 17.9 Å². The van der Waals surface area contributed by atoms with E-state index in [1.807, 2.05) is 30.3 Å². The Morgan fingerprint density at radius 2 is 1.66 bits per heavy atom. The van der Waals surface area contributed by atoms with Crippen LogP contribution in [0, 0.1) is 0 Å². The maximum atomic E-state index is 12.0. The van der Waals surface area contributed by atoms with Crippen LogP contribution < -0.4 is 20.9 Å². The number of hydrazine groups is 1. The topological polar surface area (TPSA) is 96.5 Å². The average Bonchev–Trinajstić information content (AvgIpc) is 2.71. The molecule has 0 aromatic heterocycles. The highest BCUT2D eigenvalue weighted by molar-refractivity contribution is 6.35. The Bertz CT molecular complexity index is 862. The quantitative estimate of drug-likeness (QED) is 0.552. The first-order valence-corrected chi connectivity index (χ1v) is 9.62. The van der Waals surface area contributed by atoms with Gasteiger partial charge in [-0.05, 0) is 30.7 Å². The molecular weight excluding hydrogens is 417 g/mol. The van der Waals surface area contributed by atoms with Crippen molar-refractivity contribution in [3.8, 4) is 5.75 Å². The van der Waals surface area contributed by atoms with Gasteiger partial charge in [-0.3, -0.25) is 25.2 Å². The Labute approximate surface area is 178 Å². The van der Waals surface area contributed by atoms with Crippen molar-refractivity contribution in [1.82, 2.24) is 16.2 Å². The molecule has 0 spiro atoms. The Hall–Kier alpha value is -2.77. The molecule has 3 N–H and O–H groups in total. The van der Waals surface area contributed by atoms with Gasteiger partial charge in [0.15, 0.2) is 6.10 Å². The van der Waals surface area contributed by atoms with Crippen molar-refractivity contribution in [2.24, 2.45) is 0 Å². The third-order valence-corrected chi connectivity index (χ3v) is 4.33. The van der Waals surface area contributed by atoms with E-state index in [-0.39, 0.29) is 23.8 Å². The van der Waals surface area contributed by atoms with Gasteiger partial charge < -0.3 is 10.1 Å². The lowest BCUT2D eigenvalue weighted by Crippen LogP contribution is -2.47. The molecule has 0 saturated heterocycles. The lowest BCUT2D eigenvalue weighted by Gasteiger charge is -2.16. The van der Waals surface area contributed by atoms with Crippen molar-refractivity contribution in [2.45, 2.75) is 32.4 Å². The summed E-state index contributed by atoms with van der Waals surface area (Å²) in [6, 6.07) is 14.0. The summed E-state index contributed by atoms with van der Waals surface area (Å²) < 4.78 is 5.45. The summed E-state index contributed by atoms with van der Waals surface area (Å²) in [6.45, 7) is 1.89. The number of nitrogens with one attached hydrogen (secondary N) is 3. The molecule has 9 heteroatoms. The van der Waals surface area contributed by atoms with Crippen molar-refractivity contribution in [2.75, 3.05) is 0 Å². The van der Waals surface area contributed by atoms with Gasteiger partial charge in [-0.25, -0.2) is 0 Å². The summed E-state index contributed by atoms with van der Waals surface area (Å²) in [6.07, 6.45) is -0.983. The monoisotopic (exact) mass is 437 g/mol. The van der Waals surface area contributed by atoms with E-state index in [0.29, 0.717) is 17.3 Å². The van der Waals surface area contributed by atoms with E-state index in [9.17, 15) is 14.4 Å². The van der Waals surface area contributed by atoms with Crippen LogP contribution in [-0.4, -0.2) is 23.8 Å². The maximum absolute atomic E-state index is 12.0. The minimum absolute atomic E-state index is 0.000966. The fourth-order valence-electron chi connectivity index (χ4n) is 2.22. The lowest BCUT2D eigenvalue weighted by atomic mass is 10.2. The molecule has 0 saturated carbocycles. The first kappa shape index (κ1) is 22.5. The molecule has 7 nitrogen and oxygen atoms in total. The summed E-state index contributed by atoms with van der Waals surface area (Å²) in [5.74, 6) is -1.03. The molecule has 154 valence electrons. The molecule has 0 aliphatic carbocycles. The number of hydrogen-bond acceptors (Lipinski definition) is 4. The van der Waals surface area contributed by atoms with Crippen LogP contribution >= 0.6 is 23.2 Å². The molecule has 0 heterocycles. The zero-order valence-corrected chi connectivity index (χ0v) is 17.2.